The zero-order chi connectivity index (χ0) is 19.6. The van der Waals surface area contributed by atoms with Crippen molar-refractivity contribution in [2.45, 2.75) is 16.6 Å². The fourth-order valence-corrected chi connectivity index (χ4v) is 5.95. The quantitative estimate of drug-likeness (QED) is 0.613. The van der Waals surface area contributed by atoms with Crippen LogP contribution in [-0.2, 0) is 4.79 Å². The van der Waals surface area contributed by atoms with Gasteiger partial charge in [0.25, 0.3) is 0 Å². The topological polar surface area (TPSA) is 54.6 Å². The largest absolute Gasteiger partial charge is 0.454 e. The molecule has 1 N–H and O–H groups in total. The molecule has 5 rings (SSSR count). The van der Waals surface area contributed by atoms with Crippen LogP contribution in [0.1, 0.15) is 17.2 Å². The van der Waals surface area contributed by atoms with Crippen LogP contribution in [0.15, 0.2) is 53.6 Å². The van der Waals surface area contributed by atoms with Gasteiger partial charge in [0.2, 0.25) is 12.7 Å². The van der Waals surface area contributed by atoms with Crippen molar-refractivity contribution >= 4 is 40.3 Å². The number of nitrogens with zero attached hydrogens (tertiary/aromatic N) is 1. The standard InChI is InChI=1S/C22H22N2O3S2/c25-22(13-29-21-12-23-17-4-2-1-3-16(17)21)24-8-7-20(28-10-9-24)15-5-6-18-19(11-15)27-14-26-18/h1-6,11-12,20,23H,7-10,13-14H2. The normalized spacial score (nSPS) is 18.8. The van der Waals surface area contributed by atoms with E-state index in [2.05, 4.69) is 29.2 Å². The van der Waals surface area contributed by atoms with Crippen LogP contribution in [0.4, 0.5) is 0 Å². The first-order valence-corrected chi connectivity index (χ1v) is 11.8. The Kier molecular flexibility index (Phi) is 5.33. The molecule has 0 spiro atoms. The SMILES string of the molecule is O=C(CSc1c[nH]c2ccccc12)N1CCSC(c2ccc3c(c2)OCO3)CC1. The fraction of sp³-hybridized carbons (Fsp3) is 0.318. The third-order valence-corrected chi connectivity index (χ3v) is 7.73. The van der Waals surface area contributed by atoms with Gasteiger partial charge in [-0.25, -0.2) is 0 Å². The zero-order valence-electron chi connectivity index (χ0n) is 15.9. The summed E-state index contributed by atoms with van der Waals surface area (Å²) in [6.07, 6.45) is 2.95. The minimum Gasteiger partial charge on any atom is -0.454 e. The highest BCUT2D eigenvalue weighted by molar-refractivity contribution is 8.00. The van der Waals surface area contributed by atoms with Crippen LogP contribution < -0.4 is 9.47 Å². The minimum atomic E-state index is 0.215. The molecule has 1 atom stereocenters. The maximum absolute atomic E-state index is 12.8. The van der Waals surface area contributed by atoms with Crippen LogP contribution in [0.3, 0.4) is 0 Å². The van der Waals surface area contributed by atoms with Gasteiger partial charge in [-0.2, -0.15) is 11.8 Å². The molecule has 1 unspecified atom stereocenters. The number of fused-ring (bicyclic) bond motifs is 2. The number of hydrogen-bond donors (Lipinski definition) is 1. The van der Waals surface area contributed by atoms with Crippen molar-refractivity contribution in [3.8, 4) is 11.5 Å². The average molecular weight is 427 g/mol. The lowest BCUT2D eigenvalue weighted by Crippen LogP contribution is -2.34. The maximum atomic E-state index is 12.8. The second kappa shape index (κ2) is 8.24. The molecular formula is C22H22N2O3S2. The van der Waals surface area contributed by atoms with E-state index in [1.54, 1.807) is 11.8 Å². The summed E-state index contributed by atoms with van der Waals surface area (Å²) in [6, 6.07) is 14.4. The second-order valence-electron chi connectivity index (χ2n) is 7.13. The summed E-state index contributed by atoms with van der Waals surface area (Å²) in [5.74, 6) is 3.28. The lowest BCUT2D eigenvalue weighted by molar-refractivity contribution is -0.128. The summed E-state index contributed by atoms with van der Waals surface area (Å²) in [5.41, 5.74) is 2.36. The van der Waals surface area contributed by atoms with E-state index in [1.165, 1.54) is 10.9 Å². The fourth-order valence-electron chi connectivity index (χ4n) is 3.79. The Morgan fingerprint density at radius 2 is 2.07 bits per heavy atom. The van der Waals surface area contributed by atoms with E-state index >= 15 is 0 Å². The van der Waals surface area contributed by atoms with Gasteiger partial charge in [-0.1, -0.05) is 24.3 Å². The molecule has 0 radical (unpaired) electrons. The van der Waals surface area contributed by atoms with E-state index in [0.717, 1.165) is 47.2 Å². The number of aromatic nitrogens is 1. The van der Waals surface area contributed by atoms with Gasteiger partial charge in [0.1, 0.15) is 0 Å². The number of carbonyl (C=O) groups excluding carboxylic acids is 1. The summed E-state index contributed by atoms with van der Waals surface area (Å²) in [5, 5.41) is 1.56. The number of thioether (sulfide) groups is 2. The Balaban J connectivity index is 1.20. The molecular weight excluding hydrogens is 404 g/mol. The number of benzene rings is 2. The van der Waals surface area contributed by atoms with Crippen molar-refractivity contribution in [2.75, 3.05) is 31.4 Å². The molecule has 2 aromatic carbocycles. The Bertz CT molecular complexity index is 1040. The van der Waals surface area contributed by atoms with Crippen molar-refractivity contribution in [3.63, 3.8) is 0 Å². The monoisotopic (exact) mass is 426 g/mol. The number of hydrogen-bond acceptors (Lipinski definition) is 5. The van der Waals surface area contributed by atoms with Crippen LogP contribution in [-0.4, -0.2) is 47.2 Å². The molecule has 1 aromatic heterocycles. The Labute approximate surface area is 178 Å². The maximum Gasteiger partial charge on any atom is 0.232 e. The van der Waals surface area contributed by atoms with Crippen LogP contribution in [0, 0.1) is 0 Å². The number of nitrogens with one attached hydrogen (secondary N) is 1. The molecule has 3 aromatic rings. The number of ether oxygens (including phenoxy) is 2. The lowest BCUT2D eigenvalue weighted by atomic mass is 10.1. The third-order valence-electron chi connectivity index (χ3n) is 5.36. The minimum absolute atomic E-state index is 0.215. The van der Waals surface area contributed by atoms with Crippen LogP contribution in [0.2, 0.25) is 0 Å². The van der Waals surface area contributed by atoms with Crippen molar-refractivity contribution in [1.29, 1.82) is 0 Å². The number of aromatic amines is 1. The number of H-pyrrole nitrogens is 1. The highest BCUT2D eigenvalue weighted by Gasteiger charge is 2.24. The first-order valence-electron chi connectivity index (χ1n) is 9.76. The van der Waals surface area contributed by atoms with Gasteiger partial charge in [0.05, 0.1) is 5.75 Å². The smallest absolute Gasteiger partial charge is 0.232 e. The van der Waals surface area contributed by atoms with Crippen LogP contribution >= 0.6 is 23.5 Å². The van der Waals surface area contributed by atoms with Gasteiger partial charge in [-0.05, 0) is 30.2 Å². The van der Waals surface area contributed by atoms with Crippen molar-refractivity contribution in [1.82, 2.24) is 9.88 Å². The van der Waals surface area contributed by atoms with Gasteiger partial charge < -0.3 is 19.4 Å². The first-order chi connectivity index (χ1) is 14.3. The van der Waals surface area contributed by atoms with E-state index in [4.69, 9.17) is 9.47 Å². The van der Waals surface area contributed by atoms with E-state index in [9.17, 15) is 4.79 Å². The van der Waals surface area contributed by atoms with Crippen molar-refractivity contribution < 1.29 is 14.3 Å². The molecule has 2 aliphatic rings. The van der Waals surface area contributed by atoms with Gasteiger partial charge >= 0.3 is 0 Å². The summed E-state index contributed by atoms with van der Waals surface area (Å²) in [6.45, 7) is 1.89. The third kappa shape index (κ3) is 3.94. The Hall–Kier alpha value is -2.25. The van der Waals surface area contributed by atoms with Gasteiger partial charge in [0, 0.05) is 46.1 Å². The predicted molar refractivity (Wildman–Crippen MR) is 118 cm³/mol. The van der Waals surface area contributed by atoms with E-state index in [1.807, 2.05) is 41.1 Å². The molecule has 5 nitrogen and oxygen atoms in total. The number of rotatable bonds is 4. The van der Waals surface area contributed by atoms with E-state index in [0.29, 0.717) is 17.8 Å². The van der Waals surface area contributed by atoms with E-state index < -0.39 is 0 Å². The molecule has 2 aliphatic heterocycles. The Morgan fingerprint density at radius 3 is 3.03 bits per heavy atom. The molecule has 1 amide bonds. The van der Waals surface area contributed by atoms with Gasteiger partial charge in [-0.15, -0.1) is 11.8 Å². The summed E-state index contributed by atoms with van der Waals surface area (Å²) >= 11 is 3.54. The first kappa shape index (κ1) is 18.8. The zero-order valence-corrected chi connectivity index (χ0v) is 17.6. The van der Waals surface area contributed by atoms with Crippen LogP contribution in [0.25, 0.3) is 10.9 Å². The number of amides is 1. The summed E-state index contributed by atoms with van der Waals surface area (Å²) < 4.78 is 10.9. The van der Waals surface area contributed by atoms with E-state index in [-0.39, 0.29) is 5.91 Å². The predicted octanol–water partition coefficient (Wildman–Crippen LogP) is 4.70. The molecule has 1 fully saturated rings. The molecule has 150 valence electrons. The molecule has 1 saturated heterocycles. The molecule has 0 saturated carbocycles. The van der Waals surface area contributed by atoms with Crippen molar-refractivity contribution in [2.24, 2.45) is 0 Å². The number of carbonyl (C=O) groups is 1. The van der Waals surface area contributed by atoms with Gasteiger partial charge in [0.15, 0.2) is 11.5 Å². The molecule has 0 bridgehead atoms. The van der Waals surface area contributed by atoms with Gasteiger partial charge in [-0.3, -0.25) is 4.79 Å². The summed E-state index contributed by atoms with van der Waals surface area (Å²) in [7, 11) is 0. The molecule has 29 heavy (non-hydrogen) atoms. The second-order valence-corrected chi connectivity index (χ2v) is 9.46. The number of para-hydroxylation sites is 1. The van der Waals surface area contributed by atoms with Crippen LogP contribution in [0.5, 0.6) is 11.5 Å². The molecule has 7 heteroatoms. The highest BCUT2D eigenvalue weighted by atomic mass is 32.2. The lowest BCUT2D eigenvalue weighted by Gasteiger charge is -2.20. The van der Waals surface area contributed by atoms with Crippen molar-refractivity contribution in [3.05, 3.63) is 54.2 Å². The Morgan fingerprint density at radius 1 is 1.17 bits per heavy atom. The summed E-state index contributed by atoms with van der Waals surface area (Å²) in [4.78, 5) is 19.3. The molecule has 0 aliphatic carbocycles. The molecule has 3 heterocycles. The average Bonchev–Trinajstić information content (AvgIpc) is 3.31. The highest BCUT2D eigenvalue weighted by Crippen LogP contribution is 2.40.